The predicted molar refractivity (Wildman–Crippen MR) is 37.0 cm³/mol. The first-order valence-electron chi connectivity index (χ1n) is 1.33. The highest BCUT2D eigenvalue weighted by Crippen LogP contribution is 2.25. The fourth-order valence-corrected chi connectivity index (χ4v) is 2.63. The molecule has 1 rings (SSSR count). The Morgan fingerprint density at radius 2 is 2.71 bits per heavy atom. The molecule has 7 heavy (non-hydrogen) atoms. The zero-order valence-corrected chi connectivity index (χ0v) is 7.03. The Balaban J connectivity index is 2.76. The Kier molecular flexibility index (Phi) is 2.44. The smallest absolute Gasteiger partial charge is 0.0173 e. The SMILES string of the molecule is BrSc1nsn[s+]1. The normalized spacial score (nSPS) is 9.29. The van der Waals surface area contributed by atoms with E-state index in [4.69, 9.17) is 0 Å². The van der Waals surface area contributed by atoms with E-state index >= 15 is 0 Å². The third-order valence-electron chi connectivity index (χ3n) is 0.330. The van der Waals surface area contributed by atoms with Gasteiger partial charge in [0.05, 0.1) is 0 Å². The van der Waals surface area contributed by atoms with Gasteiger partial charge < -0.3 is 0 Å². The highest BCUT2D eigenvalue weighted by Gasteiger charge is 2.04. The van der Waals surface area contributed by atoms with E-state index in [0.717, 1.165) is 4.34 Å². The van der Waals surface area contributed by atoms with Gasteiger partial charge in [-0.15, -0.1) is 0 Å². The summed E-state index contributed by atoms with van der Waals surface area (Å²) in [6.45, 7) is 0. The van der Waals surface area contributed by atoms with E-state index in [-0.39, 0.29) is 0 Å². The lowest BCUT2D eigenvalue weighted by atomic mass is 11.6. The van der Waals surface area contributed by atoms with Crippen molar-refractivity contribution in [1.29, 1.82) is 0 Å². The van der Waals surface area contributed by atoms with Crippen LogP contribution in [0.2, 0.25) is 0 Å². The molecule has 0 aromatic carbocycles. The average Bonchev–Trinajstić information content (AvgIpc) is 2.14. The van der Waals surface area contributed by atoms with Gasteiger partial charge in [-0.25, -0.2) is 0 Å². The van der Waals surface area contributed by atoms with Crippen molar-refractivity contribution in [2.24, 2.45) is 0 Å². The molecule has 0 fully saturated rings. The first kappa shape index (κ1) is 5.87. The van der Waals surface area contributed by atoms with Gasteiger partial charge in [0.25, 0.3) is 0 Å². The number of nitrogens with zero attached hydrogens (tertiary/aromatic N) is 2. The first-order valence-corrected chi connectivity index (χ1v) is 5.50. The molecule has 0 aliphatic heterocycles. The molecule has 38 valence electrons. The van der Waals surface area contributed by atoms with Crippen molar-refractivity contribution < 1.29 is 0 Å². The molecule has 0 unspecified atom stereocenters. The molecule has 0 amide bonds. The topological polar surface area (TPSA) is 25.8 Å². The lowest BCUT2D eigenvalue weighted by molar-refractivity contribution is 1.40. The molecule has 1 heterocycles. The molecule has 0 saturated carbocycles. The highest BCUT2D eigenvalue weighted by molar-refractivity contribution is 9.50. The summed E-state index contributed by atoms with van der Waals surface area (Å²) in [5, 5.41) is 0. The molecule has 1 aromatic rings. The van der Waals surface area contributed by atoms with Crippen LogP contribution >= 0.6 is 48.3 Å². The molecule has 6 heteroatoms. The molecule has 2 nitrogen and oxygen atoms in total. The van der Waals surface area contributed by atoms with Crippen LogP contribution in [-0.4, -0.2) is 8.14 Å². The molecule has 0 atom stereocenters. The zero-order chi connectivity index (χ0) is 5.11. The molecule has 0 aliphatic rings. The molecule has 0 spiro atoms. The summed E-state index contributed by atoms with van der Waals surface area (Å²) in [7, 11) is 1.44. The summed E-state index contributed by atoms with van der Waals surface area (Å²) in [6.07, 6.45) is 0. The molecular weight excluding hydrogens is 216 g/mol. The van der Waals surface area contributed by atoms with E-state index < -0.39 is 0 Å². The number of aromatic nitrogens is 2. The minimum absolute atomic E-state index is 0.963. The van der Waals surface area contributed by atoms with Crippen LogP contribution in [0.25, 0.3) is 0 Å². The number of hydrogen-bond acceptors (Lipinski definition) is 4. The van der Waals surface area contributed by atoms with Gasteiger partial charge in [-0.1, -0.05) is 0 Å². The zero-order valence-electron chi connectivity index (χ0n) is 3.00. The Bertz CT molecular complexity index is 127. The van der Waals surface area contributed by atoms with Gasteiger partial charge in [-0.2, -0.15) is 0 Å². The van der Waals surface area contributed by atoms with Crippen molar-refractivity contribution >= 4 is 48.3 Å². The quantitative estimate of drug-likeness (QED) is 0.673. The van der Waals surface area contributed by atoms with E-state index in [1.165, 1.54) is 33.5 Å². The second-order valence-corrected chi connectivity index (χ2v) is 3.96. The first-order chi connectivity index (χ1) is 3.43. The monoisotopic (exact) mass is 215 g/mol. The van der Waals surface area contributed by atoms with Crippen LogP contribution in [0.5, 0.6) is 0 Å². The summed E-state index contributed by atoms with van der Waals surface area (Å²) < 4.78 is 8.68. The molecule has 0 N–H and O–H groups in total. The fraction of sp³-hybridized carbons (Fsp3) is 0. The second-order valence-electron chi connectivity index (χ2n) is 0.682. The van der Waals surface area contributed by atoms with Crippen LogP contribution in [0.1, 0.15) is 0 Å². The number of hydrogen-bond donors (Lipinski definition) is 0. The van der Waals surface area contributed by atoms with Crippen molar-refractivity contribution in [3.63, 3.8) is 0 Å². The van der Waals surface area contributed by atoms with E-state index in [1.807, 2.05) is 0 Å². The van der Waals surface area contributed by atoms with Gasteiger partial charge >= 0.3 is 16.1 Å². The maximum atomic E-state index is 3.90. The van der Waals surface area contributed by atoms with Gasteiger partial charge in [-0.05, 0) is 19.2 Å². The Morgan fingerprint density at radius 3 is 3.00 bits per heavy atom. The van der Waals surface area contributed by atoms with Crippen LogP contribution in [-0.2, 0) is 0 Å². The van der Waals surface area contributed by atoms with Gasteiger partial charge in [0.1, 0.15) is 3.76 Å². The Labute approximate surface area is 60.7 Å². The van der Waals surface area contributed by atoms with Crippen molar-refractivity contribution in [2.75, 3.05) is 0 Å². The lowest BCUT2D eigenvalue weighted by Gasteiger charge is -1.60. The second kappa shape index (κ2) is 2.91. The number of halogens is 1. The maximum absolute atomic E-state index is 3.90. The van der Waals surface area contributed by atoms with Gasteiger partial charge in [0.2, 0.25) is 11.5 Å². The molecular formula is CBrN2S3+. The Morgan fingerprint density at radius 1 is 1.86 bits per heavy atom. The van der Waals surface area contributed by atoms with Crippen LogP contribution in [0, 0.1) is 0 Å². The maximum Gasteiger partial charge on any atom is 0.332 e. The van der Waals surface area contributed by atoms with Crippen LogP contribution in [0.3, 0.4) is 0 Å². The summed E-state index contributed by atoms with van der Waals surface area (Å²) >= 11 is 5.80. The summed E-state index contributed by atoms with van der Waals surface area (Å²) in [5.41, 5.74) is 0. The molecule has 0 aliphatic carbocycles. The van der Waals surface area contributed by atoms with Crippen molar-refractivity contribution in [1.82, 2.24) is 8.14 Å². The minimum atomic E-state index is 0.963. The highest BCUT2D eigenvalue weighted by atomic mass is 79.9. The van der Waals surface area contributed by atoms with Gasteiger partial charge in [0.15, 0.2) is 0 Å². The van der Waals surface area contributed by atoms with E-state index in [9.17, 15) is 0 Å². The lowest BCUT2D eigenvalue weighted by Crippen LogP contribution is -1.49. The predicted octanol–water partition coefficient (Wildman–Crippen LogP) is 2.28. The summed E-state index contributed by atoms with van der Waals surface area (Å²) in [5.74, 6) is 0. The van der Waals surface area contributed by atoms with Crippen LogP contribution < -0.4 is 0 Å². The minimum Gasteiger partial charge on any atom is -0.0173 e. The van der Waals surface area contributed by atoms with Gasteiger partial charge in [-0.3, -0.25) is 0 Å². The molecule has 0 saturated heterocycles. The van der Waals surface area contributed by atoms with E-state index in [0.29, 0.717) is 0 Å². The molecule has 0 bridgehead atoms. The largest absolute Gasteiger partial charge is 0.332 e. The standard InChI is InChI=1S/CBrN2S3/c2-5-1-3-7-4-6-1/q+1. The van der Waals surface area contributed by atoms with E-state index in [1.54, 1.807) is 0 Å². The van der Waals surface area contributed by atoms with Crippen LogP contribution in [0.4, 0.5) is 0 Å². The Hall–Kier alpha value is 0.740. The van der Waals surface area contributed by atoms with Crippen molar-refractivity contribution in [3.8, 4) is 0 Å². The van der Waals surface area contributed by atoms with Crippen molar-refractivity contribution in [2.45, 2.75) is 4.34 Å². The molecule has 0 radical (unpaired) electrons. The average molecular weight is 216 g/mol. The van der Waals surface area contributed by atoms with E-state index in [2.05, 4.69) is 22.9 Å². The summed E-state index contributed by atoms with van der Waals surface area (Å²) in [4.78, 5) is 0. The van der Waals surface area contributed by atoms with Gasteiger partial charge in [0, 0.05) is 10.2 Å². The fourth-order valence-electron chi connectivity index (χ4n) is 0.143. The summed E-state index contributed by atoms with van der Waals surface area (Å²) in [6, 6.07) is 0. The third-order valence-corrected chi connectivity index (χ3v) is 3.90. The van der Waals surface area contributed by atoms with Crippen molar-refractivity contribution in [3.05, 3.63) is 0 Å². The third kappa shape index (κ3) is 1.60. The van der Waals surface area contributed by atoms with Crippen LogP contribution in [0.15, 0.2) is 4.34 Å². The molecule has 1 aromatic heterocycles. The number of rotatable bonds is 1.